The Morgan fingerprint density at radius 1 is 1.20 bits per heavy atom. The lowest BCUT2D eigenvalue weighted by atomic mass is 10.2. The van der Waals surface area contributed by atoms with Gasteiger partial charge in [0.1, 0.15) is 23.8 Å². The standard InChI is InChI=1S/C18H23ClFN5/c1-23(2)17-9-18(22-12-21-17)24(3)14-6-7-25(11-14)10-13-4-5-15(19)16(20)8-13/h4-5,8-9,12,14H,6-7,10-11H2,1-3H3. The third-order valence-electron chi connectivity index (χ3n) is 4.64. The van der Waals surface area contributed by atoms with Crippen LogP contribution in [0.3, 0.4) is 0 Å². The maximum atomic E-state index is 13.6. The molecule has 0 radical (unpaired) electrons. The first-order valence-corrected chi connectivity index (χ1v) is 8.70. The van der Waals surface area contributed by atoms with Crippen LogP contribution in [-0.4, -0.2) is 55.1 Å². The number of hydrogen-bond acceptors (Lipinski definition) is 5. The maximum absolute atomic E-state index is 13.6. The zero-order valence-corrected chi connectivity index (χ0v) is 15.5. The highest BCUT2D eigenvalue weighted by Gasteiger charge is 2.26. The minimum Gasteiger partial charge on any atom is -0.363 e. The molecular weight excluding hydrogens is 341 g/mol. The van der Waals surface area contributed by atoms with E-state index in [-0.39, 0.29) is 10.8 Å². The average Bonchev–Trinajstić information content (AvgIpc) is 3.06. The molecule has 0 amide bonds. The molecule has 5 nitrogen and oxygen atoms in total. The second-order valence-corrected chi connectivity index (χ2v) is 7.07. The summed E-state index contributed by atoms with van der Waals surface area (Å²) in [4.78, 5) is 15.2. The summed E-state index contributed by atoms with van der Waals surface area (Å²) in [5.74, 6) is 1.45. The van der Waals surface area contributed by atoms with E-state index >= 15 is 0 Å². The van der Waals surface area contributed by atoms with Gasteiger partial charge in [-0.3, -0.25) is 4.90 Å². The van der Waals surface area contributed by atoms with Crippen molar-refractivity contribution in [3.8, 4) is 0 Å². The largest absolute Gasteiger partial charge is 0.363 e. The summed E-state index contributed by atoms with van der Waals surface area (Å²) >= 11 is 5.75. The van der Waals surface area contributed by atoms with E-state index in [0.717, 1.165) is 43.3 Å². The van der Waals surface area contributed by atoms with Crippen molar-refractivity contribution in [3.05, 3.63) is 47.0 Å². The Labute approximate surface area is 153 Å². The maximum Gasteiger partial charge on any atom is 0.142 e. The summed E-state index contributed by atoms with van der Waals surface area (Å²) in [7, 11) is 6.00. The molecule has 0 spiro atoms. The summed E-state index contributed by atoms with van der Waals surface area (Å²) in [6.45, 7) is 2.62. The Morgan fingerprint density at radius 3 is 2.68 bits per heavy atom. The minimum atomic E-state index is -0.357. The molecule has 1 aliphatic heterocycles. The van der Waals surface area contributed by atoms with Crippen LogP contribution >= 0.6 is 11.6 Å². The molecule has 1 aromatic carbocycles. The van der Waals surface area contributed by atoms with E-state index in [1.165, 1.54) is 6.07 Å². The molecule has 7 heteroatoms. The molecule has 0 bridgehead atoms. The summed E-state index contributed by atoms with van der Waals surface area (Å²) in [5.41, 5.74) is 0.946. The smallest absolute Gasteiger partial charge is 0.142 e. The van der Waals surface area contributed by atoms with E-state index in [2.05, 4.69) is 26.8 Å². The van der Waals surface area contributed by atoms with E-state index < -0.39 is 0 Å². The van der Waals surface area contributed by atoms with Crippen molar-refractivity contribution in [1.82, 2.24) is 14.9 Å². The number of anilines is 2. The van der Waals surface area contributed by atoms with Crippen molar-refractivity contribution in [3.63, 3.8) is 0 Å². The van der Waals surface area contributed by atoms with Crippen LogP contribution in [0.25, 0.3) is 0 Å². The summed E-state index contributed by atoms with van der Waals surface area (Å²) in [6.07, 6.45) is 2.65. The van der Waals surface area contributed by atoms with Gasteiger partial charge in [0, 0.05) is 52.9 Å². The molecule has 134 valence electrons. The van der Waals surface area contributed by atoms with Crippen LogP contribution in [0, 0.1) is 5.82 Å². The topological polar surface area (TPSA) is 35.5 Å². The lowest BCUT2D eigenvalue weighted by Crippen LogP contribution is -2.35. The number of likely N-dealkylation sites (N-methyl/N-ethyl adjacent to an activating group) is 1. The Balaban J connectivity index is 1.63. The minimum absolute atomic E-state index is 0.170. The Morgan fingerprint density at radius 2 is 1.96 bits per heavy atom. The molecule has 2 heterocycles. The van der Waals surface area contributed by atoms with Gasteiger partial charge in [0.05, 0.1) is 5.02 Å². The normalized spacial score (nSPS) is 17.7. The van der Waals surface area contributed by atoms with E-state index in [0.29, 0.717) is 6.04 Å². The molecule has 1 aliphatic rings. The zero-order chi connectivity index (χ0) is 18.0. The summed E-state index contributed by atoms with van der Waals surface area (Å²) < 4.78 is 13.6. The number of halogens is 2. The van der Waals surface area contributed by atoms with Gasteiger partial charge in [-0.15, -0.1) is 0 Å². The van der Waals surface area contributed by atoms with Gasteiger partial charge in [-0.2, -0.15) is 0 Å². The molecular formula is C18H23ClFN5. The second kappa shape index (κ2) is 7.54. The zero-order valence-electron chi connectivity index (χ0n) is 14.8. The van der Waals surface area contributed by atoms with Crippen LogP contribution in [0.1, 0.15) is 12.0 Å². The number of aromatic nitrogens is 2. The fourth-order valence-electron chi connectivity index (χ4n) is 3.13. The lowest BCUT2D eigenvalue weighted by Gasteiger charge is -2.26. The van der Waals surface area contributed by atoms with Crippen molar-refractivity contribution in [2.24, 2.45) is 0 Å². The highest BCUT2D eigenvalue weighted by Crippen LogP contribution is 2.24. The fraction of sp³-hybridized carbons (Fsp3) is 0.444. The Kier molecular flexibility index (Phi) is 5.39. The molecule has 1 fully saturated rings. The first-order valence-electron chi connectivity index (χ1n) is 8.32. The predicted octanol–water partition coefficient (Wildman–Crippen LogP) is 3.05. The predicted molar refractivity (Wildman–Crippen MR) is 99.9 cm³/mol. The average molecular weight is 364 g/mol. The fourth-order valence-corrected chi connectivity index (χ4v) is 3.25. The summed E-state index contributed by atoms with van der Waals surface area (Å²) in [5, 5.41) is 0.170. The van der Waals surface area contributed by atoms with E-state index in [1.54, 1.807) is 12.4 Å². The van der Waals surface area contributed by atoms with Crippen LogP contribution in [0.2, 0.25) is 5.02 Å². The van der Waals surface area contributed by atoms with E-state index in [1.807, 2.05) is 31.1 Å². The second-order valence-electron chi connectivity index (χ2n) is 6.67. The molecule has 1 atom stereocenters. The van der Waals surface area contributed by atoms with Crippen LogP contribution < -0.4 is 9.80 Å². The Bertz CT molecular complexity index is 739. The third-order valence-corrected chi connectivity index (χ3v) is 4.95. The van der Waals surface area contributed by atoms with Gasteiger partial charge in [0.2, 0.25) is 0 Å². The Hall–Kier alpha value is -1.92. The van der Waals surface area contributed by atoms with Crippen molar-refractivity contribution >= 4 is 23.2 Å². The molecule has 1 saturated heterocycles. The van der Waals surface area contributed by atoms with Crippen molar-refractivity contribution in [2.45, 2.75) is 19.0 Å². The lowest BCUT2D eigenvalue weighted by molar-refractivity contribution is 0.325. The van der Waals surface area contributed by atoms with Gasteiger partial charge in [-0.25, -0.2) is 14.4 Å². The van der Waals surface area contributed by atoms with Gasteiger partial charge < -0.3 is 9.80 Å². The highest BCUT2D eigenvalue weighted by molar-refractivity contribution is 6.30. The monoisotopic (exact) mass is 363 g/mol. The van der Waals surface area contributed by atoms with Gasteiger partial charge in [-0.1, -0.05) is 17.7 Å². The molecule has 0 aliphatic carbocycles. The molecule has 3 rings (SSSR count). The SMILES string of the molecule is CN(C)c1cc(N(C)C2CCN(Cc3ccc(Cl)c(F)c3)C2)ncn1. The summed E-state index contributed by atoms with van der Waals surface area (Å²) in [6, 6.07) is 7.40. The molecule has 0 N–H and O–H groups in total. The van der Waals surface area contributed by atoms with Crippen LogP contribution in [-0.2, 0) is 6.54 Å². The van der Waals surface area contributed by atoms with E-state index in [4.69, 9.17) is 11.6 Å². The molecule has 1 unspecified atom stereocenters. The van der Waals surface area contributed by atoms with E-state index in [9.17, 15) is 4.39 Å². The van der Waals surface area contributed by atoms with Crippen molar-refractivity contribution < 1.29 is 4.39 Å². The van der Waals surface area contributed by atoms with Gasteiger partial charge in [0.25, 0.3) is 0 Å². The van der Waals surface area contributed by atoms with Gasteiger partial charge in [0.15, 0.2) is 0 Å². The van der Waals surface area contributed by atoms with Crippen molar-refractivity contribution in [1.29, 1.82) is 0 Å². The molecule has 2 aromatic rings. The first kappa shape index (κ1) is 17.9. The third kappa shape index (κ3) is 4.19. The molecule has 0 saturated carbocycles. The quantitative estimate of drug-likeness (QED) is 0.816. The van der Waals surface area contributed by atoms with Crippen LogP contribution in [0.15, 0.2) is 30.6 Å². The van der Waals surface area contributed by atoms with Crippen LogP contribution in [0.5, 0.6) is 0 Å². The number of hydrogen-bond donors (Lipinski definition) is 0. The number of rotatable bonds is 5. The number of benzene rings is 1. The van der Waals surface area contributed by atoms with Crippen molar-refractivity contribution in [2.75, 3.05) is 44.0 Å². The number of nitrogens with zero attached hydrogens (tertiary/aromatic N) is 5. The molecule has 1 aromatic heterocycles. The van der Waals surface area contributed by atoms with Gasteiger partial charge >= 0.3 is 0 Å². The molecule has 25 heavy (non-hydrogen) atoms. The van der Waals surface area contributed by atoms with Crippen LogP contribution in [0.4, 0.5) is 16.0 Å². The van der Waals surface area contributed by atoms with Gasteiger partial charge in [-0.05, 0) is 24.1 Å². The highest BCUT2D eigenvalue weighted by atomic mass is 35.5. The number of likely N-dealkylation sites (tertiary alicyclic amines) is 1. The first-order chi connectivity index (χ1) is 11.9.